The topological polar surface area (TPSA) is 58.1 Å². The molecule has 1 aromatic rings. The summed E-state index contributed by atoms with van der Waals surface area (Å²) in [5.41, 5.74) is 1.20. The first-order valence-corrected chi connectivity index (χ1v) is 10.1. The van der Waals surface area contributed by atoms with Crippen molar-refractivity contribution < 1.29 is 9.47 Å². The van der Waals surface area contributed by atoms with E-state index in [1.807, 2.05) is 12.1 Å². The molecule has 1 saturated heterocycles. The Balaban J connectivity index is 1.81. The molecule has 2 N–H and O–H groups in total. The molecule has 0 bridgehead atoms. The molecule has 6 nitrogen and oxygen atoms in total. The Morgan fingerprint density at radius 2 is 2.11 bits per heavy atom. The van der Waals surface area contributed by atoms with Gasteiger partial charge < -0.3 is 25.0 Å². The average molecular weight is 397 g/mol. The van der Waals surface area contributed by atoms with Crippen molar-refractivity contribution in [3.05, 3.63) is 34.9 Å². The summed E-state index contributed by atoms with van der Waals surface area (Å²) in [6.45, 7) is 6.69. The second-order valence-electron chi connectivity index (χ2n) is 6.89. The van der Waals surface area contributed by atoms with Crippen LogP contribution >= 0.6 is 11.6 Å². The number of halogens is 1. The molecule has 27 heavy (non-hydrogen) atoms. The van der Waals surface area contributed by atoms with Crippen LogP contribution < -0.4 is 10.6 Å². The minimum absolute atomic E-state index is 0.198. The van der Waals surface area contributed by atoms with E-state index < -0.39 is 0 Å². The quantitative estimate of drug-likeness (QED) is 0.362. The minimum atomic E-state index is 0.198. The molecule has 7 heteroatoms. The lowest BCUT2D eigenvalue weighted by Crippen LogP contribution is -2.39. The van der Waals surface area contributed by atoms with E-state index >= 15 is 0 Å². The molecule has 1 aromatic carbocycles. The van der Waals surface area contributed by atoms with Gasteiger partial charge in [0.15, 0.2) is 5.96 Å². The predicted octanol–water partition coefficient (Wildman–Crippen LogP) is 2.69. The molecule has 152 valence electrons. The molecule has 2 rings (SSSR count). The first-order chi connectivity index (χ1) is 13.1. The van der Waals surface area contributed by atoms with E-state index in [-0.39, 0.29) is 12.1 Å². The molecule has 0 aromatic heterocycles. The van der Waals surface area contributed by atoms with Gasteiger partial charge in [0.1, 0.15) is 0 Å². The van der Waals surface area contributed by atoms with Crippen LogP contribution in [0.2, 0.25) is 5.02 Å². The Hall–Kier alpha value is -1.34. The fourth-order valence-corrected chi connectivity index (χ4v) is 3.07. The summed E-state index contributed by atoms with van der Waals surface area (Å²) in [5.74, 6) is 0.836. The van der Waals surface area contributed by atoms with Gasteiger partial charge in [-0.3, -0.25) is 4.99 Å². The molecular formula is C20H33ClN4O2. The van der Waals surface area contributed by atoms with E-state index in [9.17, 15) is 0 Å². The monoisotopic (exact) mass is 396 g/mol. The smallest absolute Gasteiger partial charge is 0.191 e. The minimum Gasteiger partial charge on any atom is -0.379 e. The van der Waals surface area contributed by atoms with Crippen molar-refractivity contribution in [3.63, 3.8) is 0 Å². The Morgan fingerprint density at radius 3 is 2.74 bits per heavy atom. The van der Waals surface area contributed by atoms with Gasteiger partial charge in [-0.1, -0.05) is 23.7 Å². The summed E-state index contributed by atoms with van der Waals surface area (Å²) in [7, 11) is 4.14. The number of nitrogens with one attached hydrogen (secondary N) is 2. The normalized spacial score (nSPS) is 18.7. The molecule has 0 amide bonds. The Kier molecular flexibility index (Phi) is 9.91. The fourth-order valence-electron chi connectivity index (χ4n) is 2.94. The highest BCUT2D eigenvalue weighted by Crippen LogP contribution is 2.20. The second kappa shape index (κ2) is 12.2. The van der Waals surface area contributed by atoms with Crippen molar-refractivity contribution in [2.75, 3.05) is 53.6 Å². The maximum Gasteiger partial charge on any atom is 0.191 e. The summed E-state index contributed by atoms with van der Waals surface area (Å²) in [4.78, 5) is 6.94. The van der Waals surface area contributed by atoms with E-state index in [0.29, 0.717) is 6.54 Å². The molecular weight excluding hydrogens is 364 g/mol. The zero-order valence-corrected chi connectivity index (χ0v) is 17.5. The van der Waals surface area contributed by atoms with Crippen LogP contribution in [0, 0.1) is 0 Å². The lowest BCUT2D eigenvalue weighted by molar-refractivity contribution is 0.0420. The van der Waals surface area contributed by atoms with Gasteiger partial charge >= 0.3 is 0 Å². The van der Waals surface area contributed by atoms with Gasteiger partial charge in [-0.15, -0.1) is 0 Å². The number of hydrogen-bond acceptors (Lipinski definition) is 4. The van der Waals surface area contributed by atoms with Gasteiger partial charge in [-0.25, -0.2) is 0 Å². The van der Waals surface area contributed by atoms with Crippen molar-refractivity contribution in [3.8, 4) is 0 Å². The van der Waals surface area contributed by atoms with E-state index in [1.165, 1.54) is 5.56 Å². The van der Waals surface area contributed by atoms with Crippen LogP contribution in [0.15, 0.2) is 29.3 Å². The molecule has 2 atom stereocenters. The zero-order chi connectivity index (χ0) is 19.5. The molecule has 0 radical (unpaired) electrons. The van der Waals surface area contributed by atoms with Crippen molar-refractivity contribution >= 4 is 17.6 Å². The largest absolute Gasteiger partial charge is 0.379 e. The molecule has 0 saturated carbocycles. The molecule has 1 heterocycles. The van der Waals surface area contributed by atoms with Crippen LogP contribution in [0.25, 0.3) is 0 Å². The summed E-state index contributed by atoms with van der Waals surface area (Å²) in [6.07, 6.45) is 2.22. The number of aliphatic imine (C=N–C) groups is 1. The maximum atomic E-state index is 6.01. The Morgan fingerprint density at radius 1 is 1.33 bits per heavy atom. The van der Waals surface area contributed by atoms with Crippen molar-refractivity contribution in [1.82, 2.24) is 15.5 Å². The molecule has 1 aliphatic heterocycles. The van der Waals surface area contributed by atoms with E-state index in [0.717, 1.165) is 56.7 Å². The second-order valence-corrected chi connectivity index (χ2v) is 7.32. The summed E-state index contributed by atoms with van der Waals surface area (Å²) < 4.78 is 11.1. The number of guanidine groups is 1. The van der Waals surface area contributed by atoms with Gasteiger partial charge in [0.25, 0.3) is 0 Å². The van der Waals surface area contributed by atoms with Crippen molar-refractivity contribution in [1.29, 1.82) is 0 Å². The Labute approximate surface area is 168 Å². The van der Waals surface area contributed by atoms with E-state index in [1.54, 1.807) is 0 Å². The molecule has 0 spiro atoms. The van der Waals surface area contributed by atoms with Crippen LogP contribution in [-0.2, 0) is 9.47 Å². The highest BCUT2D eigenvalue weighted by atomic mass is 35.5. The lowest BCUT2D eigenvalue weighted by atomic mass is 10.1. The number of nitrogens with zero attached hydrogens (tertiary/aromatic N) is 2. The van der Waals surface area contributed by atoms with Gasteiger partial charge in [0.2, 0.25) is 0 Å². The van der Waals surface area contributed by atoms with E-state index in [4.69, 9.17) is 26.1 Å². The van der Waals surface area contributed by atoms with Gasteiger partial charge in [0.05, 0.1) is 25.3 Å². The third kappa shape index (κ3) is 8.05. The lowest BCUT2D eigenvalue weighted by Gasteiger charge is -2.24. The van der Waals surface area contributed by atoms with Gasteiger partial charge in [-0.05, 0) is 51.6 Å². The molecule has 1 aliphatic rings. The molecule has 0 aliphatic carbocycles. The highest BCUT2D eigenvalue weighted by Gasteiger charge is 2.16. The van der Waals surface area contributed by atoms with Crippen LogP contribution in [0.4, 0.5) is 0 Å². The first-order valence-electron chi connectivity index (χ1n) is 9.73. The summed E-state index contributed by atoms with van der Waals surface area (Å²) in [6, 6.07) is 8.18. The molecule has 2 unspecified atom stereocenters. The number of likely N-dealkylation sites (N-methyl/N-ethyl adjacent to an activating group) is 1. The number of benzene rings is 1. The van der Waals surface area contributed by atoms with Gasteiger partial charge in [0, 0.05) is 31.3 Å². The third-order valence-corrected chi connectivity index (χ3v) is 4.75. The van der Waals surface area contributed by atoms with Crippen LogP contribution in [0.1, 0.15) is 31.4 Å². The zero-order valence-electron chi connectivity index (χ0n) is 16.7. The van der Waals surface area contributed by atoms with Gasteiger partial charge in [-0.2, -0.15) is 0 Å². The Bertz CT molecular complexity index is 560. The van der Waals surface area contributed by atoms with Crippen molar-refractivity contribution in [2.24, 2.45) is 4.99 Å². The van der Waals surface area contributed by atoms with Crippen LogP contribution in [0.5, 0.6) is 0 Å². The number of hydrogen-bond donors (Lipinski definition) is 2. The van der Waals surface area contributed by atoms with Crippen LogP contribution in [0.3, 0.4) is 0 Å². The maximum absolute atomic E-state index is 6.01. The summed E-state index contributed by atoms with van der Waals surface area (Å²) >= 11 is 6.01. The SMILES string of the molecule is CCNC(=NCC(c1ccc(Cl)cc1)N(C)C)NCCCOC1CCOC1. The summed E-state index contributed by atoms with van der Waals surface area (Å²) in [5, 5.41) is 7.45. The predicted molar refractivity (Wildman–Crippen MR) is 112 cm³/mol. The third-order valence-electron chi connectivity index (χ3n) is 4.50. The average Bonchev–Trinajstić information content (AvgIpc) is 3.16. The fraction of sp³-hybridized carbons (Fsp3) is 0.650. The van der Waals surface area contributed by atoms with Crippen molar-refractivity contribution in [2.45, 2.75) is 31.9 Å². The van der Waals surface area contributed by atoms with E-state index in [2.05, 4.69) is 48.7 Å². The number of rotatable bonds is 10. The van der Waals surface area contributed by atoms with Crippen LogP contribution in [-0.4, -0.2) is 70.5 Å². The number of ether oxygens (including phenoxy) is 2. The standard InChI is InChI=1S/C20H33ClN4O2/c1-4-22-20(23-11-5-12-27-18-10-13-26-15-18)24-14-19(25(2)3)16-6-8-17(21)9-7-16/h6-9,18-19H,4-5,10-15H2,1-3H3,(H2,22,23,24). The molecule has 1 fully saturated rings. The first kappa shape index (κ1) is 22.0. The highest BCUT2D eigenvalue weighted by molar-refractivity contribution is 6.30.